The van der Waals surface area contributed by atoms with Crippen LogP contribution in [0, 0.1) is 22.7 Å². The number of hydrogen-bond acceptors (Lipinski definition) is 10. The number of amides is 1. The van der Waals surface area contributed by atoms with Crippen LogP contribution in [0.2, 0.25) is 0 Å². The van der Waals surface area contributed by atoms with Crippen LogP contribution >= 0.6 is 23.7 Å². The number of aromatic nitrogens is 1. The van der Waals surface area contributed by atoms with E-state index in [0.29, 0.717) is 40.8 Å². The number of carbonyl (C=O) groups excluding carboxylic acids is 1. The van der Waals surface area contributed by atoms with Crippen molar-refractivity contribution in [1.82, 2.24) is 14.2 Å². The first-order chi connectivity index (χ1) is 19.7. The van der Waals surface area contributed by atoms with Gasteiger partial charge in [0, 0.05) is 56.7 Å². The van der Waals surface area contributed by atoms with Gasteiger partial charge in [0.1, 0.15) is 0 Å². The quantitative estimate of drug-likeness (QED) is 0.236. The Balaban J connectivity index is 0.00000616. The van der Waals surface area contributed by atoms with Gasteiger partial charge in [0.05, 0.1) is 41.5 Å². The topological polar surface area (TPSA) is 140 Å². The molecule has 14 heteroatoms. The maximum absolute atomic E-state index is 13.8. The van der Waals surface area contributed by atoms with E-state index in [1.54, 1.807) is 25.2 Å². The van der Waals surface area contributed by atoms with E-state index < -0.39 is 10.0 Å². The Labute approximate surface area is 257 Å². The van der Waals surface area contributed by atoms with E-state index in [2.05, 4.69) is 18.7 Å². The zero-order valence-electron chi connectivity index (χ0n) is 24.1. The van der Waals surface area contributed by atoms with Crippen LogP contribution in [0.1, 0.15) is 37.0 Å². The minimum Gasteiger partial charge on any atom is -0.493 e. The molecule has 0 unspecified atom stereocenters. The minimum atomic E-state index is -3.95. The number of sulfonamides is 1. The molecule has 2 aromatic carbocycles. The van der Waals surface area contributed by atoms with Crippen molar-refractivity contribution >= 4 is 55.0 Å². The molecular weight excluding hydrogens is 600 g/mol. The molecule has 0 saturated carbocycles. The maximum Gasteiger partial charge on any atom is 0.260 e. The number of nitrogens with zero attached hydrogens (tertiary/aromatic N) is 6. The molecule has 42 heavy (non-hydrogen) atoms. The highest BCUT2D eigenvalue weighted by atomic mass is 35.5. The number of ether oxygens (including phenoxy) is 2. The molecule has 0 aliphatic heterocycles. The Kier molecular flexibility index (Phi) is 13.4. The van der Waals surface area contributed by atoms with Gasteiger partial charge >= 0.3 is 0 Å². The molecule has 0 aliphatic carbocycles. The number of nitriles is 2. The molecule has 11 nitrogen and oxygen atoms in total. The van der Waals surface area contributed by atoms with Crippen LogP contribution in [0.3, 0.4) is 0 Å². The van der Waals surface area contributed by atoms with Gasteiger partial charge in [0.25, 0.3) is 5.91 Å². The number of halogens is 1. The standard InChI is InChI=1S/C28H34N6O5S2.ClH/c1-5-32(6-2)17-18-34(28-31-23-19-24(38-3)25(39-4)20-26(23)40-28)27(35)21-9-11-22(12-10-21)41(36,37)33(15-7-13-29)16-8-14-30;/h9-12,19-20H,5-8,15-18H2,1-4H3;1H. The lowest BCUT2D eigenvalue weighted by Gasteiger charge is -2.25. The SMILES string of the molecule is CCN(CC)CCN(C(=O)c1ccc(S(=O)(=O)N(CCC#N)CCC#N)cc1)c1nc2cc(OC)c(OC)cc2s1.Cl. The van der Waals surface area contributed by atoms with Crippen molar-refractivity contribution < 1.29 is 22.7 Å². The summed E-state index contributed by atoms with van der Waals surface area (Å²) in [6.45, 7) is 6.73. The third-order valence-corrected chi connectivity index (χ3v) is 9.53. The minimum absolute atomic E-state index is 0. The second-order valence-corrected chi connectivity index (χ2v) is 11.8. The maximum atomic E-state index is 13.8. The van der Waals surface area contributed by atoms with Gasteiger partial charge in [-0.1, -0.05) is 25.2 Å². The van der Waals surface area contributed by atoms with Crippen LogP contribution in [0.4, 0.5) is 5.13 Å². The second kappa shape index (κ2) is 16.2. The third-order valence-electron chi connectivity index (χ3n) is 6.58. The van der Waals surface area contributed by atoms with E-state index in [9.17, 15) is 13.2 Å². The Morgan fingerprint density at radius 1 is 0.929 bits per heavy atom. The molecule has 226 valence electrons. The number of likely N-dealkylation sites (N-methyl/N-ethyl adjacent to an activating group) is 1. The third kappa shape index (κ3) is 8.09. The summed E-state index contributed by atoms with van der Waals surface area (Å²) in [6, 6.07) is 13.2. The molecule has 3 rings (SSSR count). The lowest BCUT2D eigenvalue weighted by molar-refractivity contribution is 0.0983. The van der Waals surface area contributed by atoms with Crippen molar-refractivity contribution in [2.45, 2.75) is 31.6 Å². The van der Waals surface area contributed by atoms with Gasteiger partial charge < -0.3 is 14.4 Å². The fraction of sp³-hybridized carbons (Fsp3) is 0.429. The number of benzene rings is 2. The number of rotatable bonds is 15. The zero-order chi connectivity index (χ0) is 30.0. The summed E-state index contributed by atoms with van der Waals surface area (Å²) in [5.74, 6) is 0.782. The molecule has 1 amide bonds. The number of methoxy groups -OCH3 is 2. The van der Waals surface area contributed by atoms with E-state index in [-0.39, 0.29) is 49.1 Å². The van der Waals surface area contributed by atoms with Crippen molar-refractivity contribution in [1.29, 1.82) is 10.5 Å². The molecule has 1 aromatic heterocycles. The molecule has 0 atom stereocenters. The van der Waals surface area contributed by atoms with Crippen LogP contribution in [0.15, 0.2) is 41.3 Å². The van der Waals surface area contributed by atoms with Crippen molar-refractivity contribution in [3.8, 4) is 23.6 Å². The molecule has 1 heterocycles. The van der Waals surface area contributed by atoms with Gasteiger partial charge in [-0.2, -0.15) is 14.8 Å². The summed E-state index contributed by atoms with van der Waals surface area (Å²) in [7, 11) is -0.848. The predicted octanol–water partition coefficient (Wildman–Crippen LogP) is 4.54. The van der Waals surface area contributed by atoms with Crippen LogP contribution in [-0.4, -0.2) is 82.0 Å². The Morgan fingerprint density at radius 2 is 1.50 bits per heavy atom. The Hall–Kier alpha value is -3.46. The normalized spacial score (nSPS) is 11.1. The molecule has 0 spiro atoms. The summed E-state index contributed by atoms with van der Waals surface area (Å²) < 4.78 is 39.2. The van der Waals surface area contributed by atoms with Gasteiger partial charge in [-0.25, -0.2) is 13.4 Å². The first-order valence-corrected chi connectivity index (χ1v) is 15.4. The molecule has 3 aromatic rings. The van der Waals surface area contributed by atoms with Crippen molar-refractivity contribution in [2.75, 3.05) is 58.4 Å². The van der Waals surface area contributed by atoms with Crippen molar-refractivity contribution in [3.63, 3.8) is 0 Å². The van der Waals surface area contributed by atoms with Gasteiger partial charge in [0.2, 0.25) is 10.0 Å². The number of anilines is 1. The largest absolute Gasteiger partial charge is 0.493 e. The summed E-state index contributed by atoms with van der Waals surface area (Å²) in [5, 5.41) is 18.4. The second-order valence-electron chi connectivity index (χ2n) is 8.90. The lowest BCUT2D eigenvalue weighted by Crippen LogP contribution is -2.39. The summed E-state index contributed by atoms with van der Waals surface area (Å²) in [4.78, 5) is 22.3. The highest BCUT2D eigenvalue weighted by molar-refractivity contribution is 7.89. The summed E-state index contributed by atoms with van der Waals surface area (Å²) in [6.07, 6.45) is 0.00524. The lowest BCUT2D eigenvalue weighted by atomic mass is 10.2. The number of fused-ring (bicyclic) bond motifs is 1. The molecular formula is C28H35ClN6O5S2. The van der Waals surface area contributed by atoms with E-state index in [0.717, 1.165) is 22.1 Å². The molecule has 0 aliphatic rings. The predicted molar refractivity (Wildman–Crippen MR) is 165 cm³/mol. The Morgan fingerprint density at radius 3 is 2.02 bits per heavy atom. The molecule has 0 N–H and O–H groups in total. The van der Waals surface area contributed by atoms with E-state index in [1.165, 1.54) is 35.6 Å². The molecule has 0 radical (unpaired) electrons. The number of thiazole rings is 1. The highest BCUT2D eigenvalue weighted by Crippen LogP contribution is 2.37. The molecule has 0 bridgehead atoms. The van der Waals surface area contributed by atoms with Crippen LogP contribution in [0.25, 0.3) is 10.2 Å². The zero-order valence-corrected chi connectivity index (χ0v) is 26.5. The van der Waals surface area contributed by atoms with Crippen molar-refractivity contribution in [3.05, 3.63) is 42.0 Å². The van der Waals surface area contributed by atoms with Crippen LogP contribution in [0.5, 0.6) is 11.5 Å². The van der Waals surface area contributed by atoms with Crippen LogP contribution in [-0.2, 0) is 10.0 Å². The van der Waals surface area contributed by atoms with Crippen molar-refractivity contribution in [2.24, 2.45) is 0 Å². The van der Waals surface area contributed by atoms with E-state index >= 15 is 0 Å². The molecule has 0 saturated heterocycles. The van der Waals surface area contributed by atoms with E-state index in [1.807, 2.05) is 18.2 Å². The van der Waals surface area contributed by atoms with Crippen LogP contribution < -0.4 is 14.4 Å². The first-order valence-electron chi connectivity index (χ1n) is 13.1. The fourth-order valence-electron chi connectivity index (χ4n) is 4.20. The van der Waals surface area contributed by atoms with Gasteiger partial charge in [-0.3, -0.25) is 9.69 Å². The number of carbonyl (C=O) groups is 1. The first kappa shape index (κ1) is 34.7. The molecule has 0 fully saturated rings. The van der Waals surface area contributed by atoms with Gasteiger partial charge in [-0.05, 0) is 37.4 Å². The Bertz CT molecular complexity index is 1470. The average molecular weight is 635 g/mol. The van der Waals surface area contributed by atoms with E-state index in [4.69, 9.17) is 25.0 Å². The summed E-state index contributed by atoms with van der Waals surface area (Å²) in [5.41, 5.74) is 0.970. The summed E-state index contributed by atoms with van der Waals surface area (Å²) >= 11 is 1.36. The fourth-order valence-corrected chi connectivity index (χ4v) is 6.64. The van der Waals surface area contributed by atoms with Gasteiger partial charge in [-0.15, -0.1) is 12.4 Å². The monoisotopic (exact) mass is 634 g/mol. The number of hydrogen-bond donors (Lipinski definition) is 0. The average Bonchev–Trinajstić information content (AvgIpc) is 3.40. The smallest absolute Gasteiger partial charge is 0.260 e. The highest BCUT2D eigenvalue weighted by Gasteiger charge is 2.26. The van der Waals surface area contributed by atoms with Gasteiger partial charge in [0.15, 0.2) is 16.6 Å².